The van der Waals surface area contributed by atoms with Crippen molar-refractivity contribution in [1.82, 2.24) is 0 Å². The van der Waals surface area contributed by atoms with E-state index >= 15 is 0 Å². The Kier molecular flexibility index (Phi) is 17.3. The molecular weight excluding hydrogens is 761 g/mol. The Morgan fingerprint density at radius 1 is 0.550 bits per heavy atom. The molecule has 5 aromatic carbocycles. The standard InChI is InChI=1S/C50H54O10/c1-5-15-40-34-45(59-49(53)41-18-16-38-32-43(22-20-36(38)30-41)55-26-11-7-9-13-28-57-47(51)6-2)24-25-46(40)60-50(54)42-19-17-39-33-44(23-21-37(39)31-42)56-27-12-8-10-14-29-58-48(52)35(3)4/h6,16-25,30-34H,2-3,5,7-15,26-29H2,1,4H3. The molecule has 0 unspecified atom stereocenters. The minimum absolute atomic E-state index is 0.350. The lowest BCUT2D eigenvalue weighted by atomic mass is 10.1. The number of hydrogen-bond donors (Lipinski definition) is 0. The second-order valence-electron chi connectivity index (χ2n) is 14.6. The molecule has 10 heteroatoms. The van der Waals surface area contributed by atoms with Gasteiger partial charge in [0.1, 0.15) is 23.0 Å². The molecule has 10 nitrogen and oxygen atoms in total. The summed E-state index contributed by atoms with van der Waals surface area (Å²) >= 11 is 0. The third kappa shape index (κ3) is 13.9. The van der Waals surface area contributed by atoms with Crippen LogP contribution in [0.3, 0.4) is 0 Å². The van der Waals surface area contributed by atoms with Gasteiger partial charge in [-0.1, -0.05) is 50.8 Å². The van der Waals surface area contributed by atoms with Crippen molar-refractivity contribution in [3.8, 4) is 23.0 Å². The Balaban J connectivity index is 1.09. The van der Waals surface area contributed by atoms with Crippen LogP contribution in [0.15, 0.2) is 116 Å². The molecule has 0 fully saturated rings. The normalized spacial score (nSPS) is 10.8. The summed E-state index contributed by atoms with van der Waals surface area (Å²) in [4.78, 5) is 49.1. The third-order valence-electron chi connectivity index (χ3n) is 9.67. The molecule has 0 aromatic heterocycles. The average Bonchev–Trinajstić information content (AvgIpc) is 3.25. The van der Waals surface area contributed by atoms with Gasteiger partial charge in [0.2, 0.25) is 0 Å². The summed E-state index contributed by atoms with van der Waals surface area (Å²) in [5.74, 6) is 0.539. The first-order valence-corrected chi connectivity index (χ1v) is 20.7. The largest absolute Gasteiger partial charge is 0.494 e. The molecule has 0 atom stereocenters. The van der Waals surface area contributed by atoms with Crippen molar-refractivity contribution in [2.75, 3.05) is 26.4 Å². The van der Waals surface area contributed by atoms with Crippen molar-refractivity contribution < 1.29 is 47.6 Å². The maximum Gasteiger partial charge on any atom is 0.343 e. The molecule has 5 rings (SSSR count). The molecule has 0 saturated carbocycles. The fourth-order valence-corrected chi connectivity index (χ4v) is 6.40. The average molecular weight is 815 g/mol. The monoisotopic (exact) mass is 814 g/mol. The highest BCUT2D eigenvalue weighted by Gasteiger charge is 2.16. The highest BCUT2D eigenvalue weighted by molar-refractivity contribution is 5.98. The van der Waals surface area contributed by atoms with E-state index in [1.807, 2.05) is 55.5 Å². The molecule has 0 aliphatic rings. The summed E-state index contributed by atoms with van der Waals surface area (Å²) < 4.78 is 33.7. The van der Waals surface area contributed by atoms with E-state index in [0.717, 1.165) is 96.4 Å². The van der Waals surface area contributed by atoms with E-state index in [0.29, 0.717) is 61.0 Å². The highest BCUT2D eigenvalue weighted by atomic mass is 16.5. The maximum atomic E-state index is 13.3. The summed E-state index contributed by atoms with van der Waals surface area (Å²) in [6.45, 7) is 12.6. The summed E-state index contributed by atoms with van der Waals surface area (Å²) in [5.41, 5.74) is 1.98. The second-order valence-corrected chi connectivity index (χ2v) is 14.6. The van der Waals surface area contributed by atoms with Gasteiger partial charge in [0.15, 0.2) is 0 Å². The number of aryl methyl sites for hydroxylation is 1. The number of rotatable bonds is 24. The quantitative estimate of drug-likeness (QED) is 0.0257. The van der Waals surface area contributed by atoms with E-state index in [2.05, 4.69) is 13.2 Å². The van der Waals surface area contributed by atoms with Crippen LogP contribution in [0.5, 0.6) is 23.0 Å². The molecule has 0 spiro atoms. The smallest absolute Gasteiger partial charge is 0.343 e. The Bertz CT molecular complexity index is 2290. The number of ether oxygens (including phenoxy) is 6. The number of carbonyl (C=O) groups excluding carboxylic acids is 4. The summed E-state index contributed by atoms with van der Waals surface area (Å²) in [7, 11) is 0. The van der Waals surface area contributed by atoms with Crippen LogP contribution in [-0.2, 0) is 25.5 Å². The van der Waals surface area contributed by atoms with E-state index in [9.17, 15) is 19.2 Å². The number of fused-ring (bicyclic) bond motifs is 2. The zero-order chi connectivity index (χ0) is 42.7. The lowest BCUT2D eigenvalue weighted by molar-refractivity contribution is -0.139. The van der Waals surface area contributed by atoms with E-state index in [-0.39, 0.29) is 5.97 Å². The van der Waals surface area contributed by atoms with Crippen molar-refractivity contribution in [3.05, 3.63) is 132 Å². The lowest BCUT2D eigenvalue weighted by Crippen LogP contribution is -2.11. The number of esters is 4. The predicted molar refractivity (Wildman–Crippen MR) is 233 cm³/mol. The number of carbonyl (C=O) groups is 4. The van der Waals surface area contributed by atoms with Crippen LogP contribution >= 0.6 is 0 Å². The Morgan fingerprint density at radius 3 is 1.57 bits per heavy atom. The van der Waals surface area contributed by atoms with Crippen LogP contribution < -0.4 is 18.9 Å². The number of unbranched alkanes of at least 4 members (excludes halogenated alkanes) is 6. The maximum absolute atomic E-state index is 13.3. The molecule has 0 aliphatic heterocycles. The first-order valence-electron chi connectivity index (χ1n) is 20.7. The molecule has 0 N–H and O–H groups in total. The molecule has 60 heavy (non-hydrogen) atoms. The van der Waals surface area contributed by atoms with Gasteiger partial charge in [-0.2, -0.15) is 0 Å². The molecule has 0 bridgehead atoms. The third-order valence-corrected chi connectivity index (χ3v) is 9.67. The van der Waals surface area contributed by atoms with Crippen molar-refractivity contribution in [2.45, 2.75) is 78.1 Å². The van der Waals surface area contributed by atoms with Gasteiger partial charge in [0, 0.05) is 11.6 Å². The molecule has 0 heterocycles. The van der Waals surface area contributed by atoms with Gasteiger partial charge in [-0.3, -0.25) is 0 Å². The predicted octanol–water partition coefficient (Wildman–Crippen LogP) is 11.1. The first-order chi connectivity index (χ1) is 29.1. The van der Waals surface area contributed by atoms with Gasteiger partial charge >= 0.3 is 23.9 Å². The minimum atomic E-state index is -0.496. The molecule has 0 aliphatic carbocycles. The summed E-state index contributed by atoms with van der Waals surface area (Å²) in [6.07, 6.45) is 9.76. The van der Waals surface area contributed by atoms with Gasteiger partial charge in [-0.05, 0) is 159 Å². The zero-order valence-corrected chi connectivity index (χ0v) is 34.6. The second kappa shape index (κ2) is 23.2. The molecule has 5 aromatic rings. The van der Waals surface area contributed by atoms with Crippen LogP contribution in [0.25, 0.3) is 21.5 Å². The molecule has 0 radical (unpaired) electrons. The highest BCUT2D eigenvalue weighted by Crippen LogP contribution is 2.29. The van der Waals surface area contributed by atoms with Crippen LogP contribution in [-0.4, -0.2) is 50.3 Å². The SMILES string of the molecule is C=CC(=O)OCCCCCCOc1ccc2cc(C(=O)Oc3ccc(OC(=O)c4ccc5cc(OCCCCCCOC(=O)C(=C)C)ccc5c4)c(CCC)c3)ccc2c1. The summed E-state index contributed by atoms with van der Waals surface area (Å²) in [5, 5.41) is 3.63. The Hall–Kier alpha value is -6.42. The fourth-order valence-electron chi connectivity index (χ4n) is 6.40. The Morgan fingerprint density at radius 2 is 1.03 bits per heavy atom. The van der Waals surface area contributed by atoms with Gasteiger partial charge < -0.3 is 28.4 Å². The van der Waals surface area contributed by atoms with E-state index in [4.69, 9.17) is 28.4 Å². The van der Waals surface area contributed by atoms with Gasteiger partial charge in [-0.15, -0.1) is 0 Å². The number of benzene rings is 5. The van der Waals surface area contributed by atoms with Crippen LogP contribution in [0.2, 0.25) is 0 Å². The minimum Gasteiger partial charge on any atom is -0.494 e. The fraction of sp³-hybridized carbons (Fsp3) is 0.320. The van der Waals surface area contributed by atoms with Crippen molar-refractivity contribution in [1.29, 1.82) is 0 Å². The molecule has 0 saturated heterocycles. The van der Waals surface area contributed by atoms with Crippen LogP contribution in [0.1, 0.15) is 97.9 Å². The lowest BCUT2D eigenvalue weighted by Gasteiger charge is -2.13. The topological polar surface area (TPSA) is 124 Å². The van der Waals surface area contributed by atoms with Crippen molar-refractivity contribution in [3.63, 3.8) is 0 Å². The van der Waals surface area contributed by atoms with Gasteiger partial charge in [0.25, 0.3) is 0 Å². The van der Waals surface area contributed by atoms with Gasteiger partial charge in [-0.25, -0.2) is 19.2 Å². The number of hydrogen-bond acceptors (Lipinski definition) is 10. The zero-order valence-electron chi connectivity index (χ0n) is 34.6. The van der Waals surface area contributed by atoms with Crippen molar-refractivity contribution in [2.24, 2.45) is 0 Å². The van der Waals surface area contributed by atoms with Crippen LogP contribution in [0.4, 0.5) is 0 Å². The van der Waals surface area contributed by atoms with E-state index in [1.165, 1.54) is 6.08 Å². The van der Waals surface area contributed by atoms with E-state index in [1.54, 1.807) is 49.4 Å². The van der Waals surface area contributed by atoms with E-state index < -0.39 is 17.9 Å². The van der Waals surface area contributed by atoms with Gasteiger partial charge in [0.05, 0.1) is 37.6 Å². The summed E-state index contributed by atoms with van der Waals surface area (Å²) in [6, 6.07) is 27.4. The molecular formula is C50H54O10. The Labute approximate surface area is 352 Å². The molecule has 0 amide bonds. The molecule has 314 valence electrons. The van der Waals surface area contributed by atoms with Crippen molar-refractivity contribution >= 4 is 45.4 Å². The van der Waals surface area contributed by atoms with Crippen LogP contribution in [0, 0.1) is 0 Å². The first kappa shape index (κ1) is 44.7.